The van der Waals surface area contributed by atoms with Crippen LogP contribution in [0.2, 0.25) is 0 Å². The van der Waals surface area contributed by atoms with Gasteiger partial charge in [0, 0.05) is 13.1 Å². The zero-order valence-electron chi connectivity index (χ0n) is 14.6. The average Bonchev–Trinajstić information content (AvgIpc) is 2.68. The number of nitrogens with one attached hydrogen (secondary N) is 2. The lowest BCUT2D eigenvalue weighted by Gasteiger charge is -2.27. The third-order valence-electron chi connectivity index (χ3n) is 5.06. The van der Waals surface area contributed by atoms with Gasteiger partial charge in [-0.1, -0.05) is 24.3 Å². The van der Waals surface area contributed by atoms with Crippen molar-refractivity contribution >= 4 is 23.3 Å². The molecule has 2 N–H and O–H groups in total. The predicted molar refractivity (Wildman–Crippen MR) is 100 cm³/mol. The van der Waals surface area contributed by atoms with Crippen LogP contribution < -0.4 is 15.5 Å². The Bertz CT molecular complexity index is 819. The molecule has 1 aliphatic carbocycles. The molecule has 1 aromatic carbocycles. The molecule has 2 heterocycles. The van der Waals surface area contributed by atoms with Gasteiger partial charge < -0.3 is 15.5 Å². The van der Waals surface area contributed by atoms with E-state index in [1.54, 1.807) is 6.20 Å². The number of piperazine rings is 1. The molecule has 26 heavy (non-hydrogen) atoms. The van der Waals surface area contributed by atoms with E-state index in [9.17, 15) is 9.59 Å². The van der Waals surface area contributed by atoms with Gasteiger partial charge in [0.1, 0.15) is 5.82 Å². The van der Waals surface area contributed by atoms with E-state index in [1.807, 2.05) is 29.2 Å². The van der Waals surface area contributed by atoms with Gasteiger partial charge in [0.25, 0.3) is 0 Å². The standard InChI is InChI=1S/C20H22N4O2/c25-19-13-24(11-10-21-19)18-9-8-15(12-22-18)23-20(26)17-7-3-5-14-4-1-2-6-16(14)17/h1-2,4,6,8-9,12,17H,3,5,7,10-11,13H2,(H,21,25)(H,23,26)/t17-/m1/s1. The van der Waals surface area contributed by atoms with E-state index in [2.05, 4.69) is 27.8 Å². The molecule has 4 rings (SSSR count). The first-order chi connectivity index (χ1) is 12.7. The molecule has 1 atom stereocenters. The second kappa shape index (κ2) is 7.15. The molecular formula is C20H22N4O2. The van der Waals surface area contributed by atoms with E-state index < -0.39 is 0 Å². The molecule has 2 amide bonds. The van der Waals surface area contributed by atoms with Gasteiger partial charge in [-0.25, -0.2) is 4.98 Å². The topological polar surface area (TPSA) is 74.3 Å². The third-order valence-corrected chi connectivity index (χ3v) is 5.06. The summed E-state index contributed by atoms with van der Waals surface area (Å²) in [7, 11) is 0. The third kappa shape index (κ3) is 3.40. The van der Waals surface area contributed by atoms with Crippen LogP contribution in [-0.4, -0.2) is 36.4 Å². The largest absolute Gasteiger partial charge is 0.353 e. The Labute approximate surface area is 152 Å². The smallest absolute Gasteiger partial charge is 0.239 e. The molecule has 0 spiro atoms. The summed E-state index contributed by atoms with van der Waals surface area (Å²) in [6.07, 6.45) is 4.61. The molecule has 134 valence electrons. The molecule has 0 saturated carbocycles. The van der Waals surface area contributed by atoms with Crippen molar-refractivity contribution in [1.82, 2.24) is 10.3 Å². The maximum absolute atomic E-state index is 12.8. The molecule has 1 aromatic heterocycles. The number of benzene rings is 1. The van der Waals surface area contributed by atoms with Gasteiger partial charge >= 0.3 is 0 Å². The summed E-state index contributed by atoms with van der Waals surface area (Å²) in [5.41, 5.74) is 3.10. The summed E-state index contributed by atoms with van der Waals surface area (Å²) >= 11 is 0. The average molecular weight is 350 g/mol. The molecule has 0 unspecified atom stereocenters. The van der Waals surface area contributed by atoms with Crippen LogP contribution >= 0.6 is 0 Å². The van der Waals surface area contributed by atoms with Crippen molar-refractivity contribution < 1.29 is 9.59 Å². The number of nitrogens with zero attached hydrogens (tertiary/aromatic N) is 2. The van der Waals surface area contributed by atoms with Gasteiger partial charge in [0.05, 0.1) is 24.3 Å². The van der Waals surface area contributed by atoms with Crippen molar-refractivity contribution in [1.29, 1.82) is 0 Å². The van der Waals surface area contributed by atoms with Gasteiger partial charge in [-0.05, 0) is 42.5 Å². The van der Waals surface area contributed by atoms with E-state index >= 15 is 0 Å². The Morgan fingerprint density at radius 1 is 1.23 bits per heavy atom. The predicted octanol–water partition coefficient (Wildman–Crippen LogP) is 2.08. The van der Waals surface area contributed by atoms with Crippen molar-refractivity contribution in [2.75, 3.05) is 29.9 Å². The number of rotatable bonds is 3. The van der Waals surface area contributed by atoms with Gasteiger partial charge in [0.2, 0.25) is 11.8 Å². The SMILES string of the molecule is O=C1CN(c2ccc(NC(=O)[C@@H]3CCCc4ccccc43)cn2)CCN1. The van der Waals surface area contributed by atoms with Gasteiger partial charge in [-0.15, -0.1) is 0 Å². The van der Waals surface area contributed by atoms with Crippen molar-refractivity contribution in [3.63, 3.8) is 0 Å². The number of pyridine rings is 1. The lowest BCUT2D eigenvalue weighted by atomic mass is 9.82. The van der Waals surface area contributed by atoms with E-state index in [0.29, 0.717) is 18.8 Å². The summed E-state index contributed by atoms with van der Waals surface area (Å²) in [4.78, 5) is 30.6. The molecule has 1 aliphatic heterocycles. The summed E-state index contributed by atoms with van der Waals surface area (Å²) in [6, 6.07) is 11.9. The van der Waals surface area contributed by atoms with Crippen LogP contribution in [0.25, 0.3) is 0 Å². The quantitative estimate of drug-likeness (QED) is 0.889. The Kier molecular flexibility index (Phi) is 4.56. The lowest BCUT2D eigenvalue weighted by molar-refractivity contribution is -0.120. The minimum absolute atomic E-state index is 0.00592. The number of fused-ring (bicyclic) bond motifs is 1. The van der Waals surface area contributed by atoms with Crippen LogP contribution in [0.4, 0.5) is 11.5 Å². The zero-order chi connectivity index (χ0) is 17.9. The molecule has 0 bridgehead atoms. The van der Waals surface area contributed by atoms with Crippen molar-refractivity contribution in [2.24, 2.45) is 0 Å². The van der Waals surface area contributed by atoms with E-state index in [-0.39, 0.29) is 17.7 Å². The summed E-state index contributed by atoms with van der Waals surface area (Å²) in [5.74, 6) is 0.668. The second-order valence-electron chi connectivity index (χ2n) is 6.81. The Balaban J connectivity index is 1.45. The fraction of sp³-hybridized carbons (Fsp3) is 0.350. The first-order valence-corrected chi connectivity index (χ1v) is 9.07. The number of amides is 2. The number of hydrogen-bond acceptors (Lipinski definition) is 4. The molecule has 0 radical (unpaired) electrons. The molecule has 6 nitrogen and oxygen atoms in total. The number of anilines is 2. The van der Waals surface area contributed by atoms with Crippen LogP contribution in [0.1, 0.15) is 29.9 Å². The fourth-order valence-corrected chi connectivity index (χ4v) is 3.74. The van der Waals surface area contributed by atoms with Crippen LogP contribution in [0.15, 0.2) is 42.6 Å². The highest BCUT2D eigenvalue weighted by Gasteiger charge is 2.26. The molecule has 2 aliphatic rings. The van der Waals surface area contributed by atoms with Crippen LogP contribution in [0.3, 0.4) is 0 Å². The van der Waals surface area contributed by atoms with Crippen molar-refractivity contribution in [2.45, 2.75) is 25.2 Å². The van der Waals surface area contributed by atoms with Crippen LogP contribution in [0, 0.1) is 0 Å². The second-order valence-corrected chi connectivity index (χ2v) is 6.81. The number of hydrogen-bond donors (Lipinski definition) is 2. The molecule has 1 saturated heterocycles. The maximum atomic E-state index is 12.8. The highest BCUT2D eigenvalue weighted by Crippen LogP contribution is 2.32. The van der Waals surface area contributed by atoms with E-state index in [1.165, 1.54) is 5.56 Å². The molecule has 1 fully saturated rings. The van der Waals surface area contributed by atoms with Gasteiger partial charge in [-0.2, -0.15) is 0 Å². The highest BCUT2D eigenvalue weighted by molar-refractivity contribution is 5.96. The number of aromatic nitrogens is 1. The van der Waals surface area contributed by atoms with Crippen molar-refractivity contribution in [3.8, 4) is 0 Å². The summed E-state index contributed by atoms with van der Waals surface area (Å²) in [6.45, 7) is 1.68. The van der Waals surface area contributed by atoms with Crippen molar-refractivity contribution in [3.05, 3.63) is 53.7 Å². The van der Waals surface area contributed by atoms with E-state index in [0.717, 1.165) is 37.2 Å². The fourth-order valence-electron chi connectivity index (χ4n) is 3.74. The minimum atomic E-state index is -0.106. The maximum Gasteiger partial charge on any atom is 0.239 e. The van der Waals surface area contributed by atoms with Crippen LogP contribution in [-0.2, 0) is 16.0 Å². The molecule has 6 heteroatoms. The lowest BCUT2D eigenvalue weighted by Crippen LogP contribution is -2.48. The Hall–Kier alpha value is -2.89. The van der Waals surface area contributed by atoms with Gasteiger partial charge in [0.15, 0.2) is 0 Å². The number of aryl methyl sites for hydroxylation is 1. The van der Waals surface area contributed by atoms with Crippen LogP contribution in [0.5, 0.6) is 0 Å². The minimum Gasteiger partial charge on any atom is -0.353 e. The Morgan fingerprint density at radius 3 is 2.92 bits per heavy atom. The number of carbonyl (C=O) groups excluding carboxylic acids is 2. The van der Waals surface area contributed by atoms with Gasteiger partial charge in [-0.3, -0.25) is 9.59 Å². The zero-order valence-corrected chi connectivity index (χ0v) is 14.6. The monoisotopic (exact) mass is 350 g/mol. The Morgan fingerprint density at radius 2 is 2.12 bits per heavy atom. The van der Waals surface area contributed by atoms with E-state index in [4.69, 9.17) is 0 Å². The molecule has 2 aromatic rings. The normalized spacial score (nSPS) is 19.5. The highest BCUT2D eigenvalue weighted by atomic mass is 16.2. The summed E-state index contributed by atoms with van der Waals surface area (Å²) < 4.78 is 0. The summed E-state index contributed by atoms with van der Waals surface area (Å²) in [5, 5.41) is 5.79. The molecular weight excluding hydrogens is 328 g/mol. The first kappa shape index (κ1) is 16.6. The first-order valence-electron chi connectivity index (χ1n) is 9.07. The number of carbonyl (C=O) groups is 2.